The smallest absolute Gasteiger partial charge is 0.137 e. The topological polar surface area (TPSA) is 58.7 Å². The highest BCUT2D eigenvalue weighted by Gasteiger charge is 2.24. The predicted molar refractivity (Wildman–Crippen MR) is 96.2 cm³/mol. The number of rotatable bonds is 4. The fourth-order valence-electron chi connectivity index (χ4n) is 2.91. The van der Waals surface area contributed by atoms with E-state index in [4.69, 9.17) is 5.73 Å². The standard InChI is InChI=1S/C16H18BrN3OS/c1-10-16(13-7-11(17)4-5-14(13)22-10)19-15(18)8-20-6-2-3-12(20)9-21/h4-5,7,9,12H,2-3,6,8H2,1H3,(H2,18,19). The number of aryl methyl sites for hydroxylation is 1. The molecule has 2 N–H and O–H groups in total. The molecule has 1 fully saturated rings. The van der Waals surface area contributed by atoms with Gasteiger partial charge in [0.2, 0.25) is 0 Å². The number of thiophene rings is 1. The maximum Gasteiger partial charge on any atom is 0.137 e. The summed E-state index contributed by atoms with van der Waals surface area (Å²) in [4.78, 5) is 19.0. The van der Waals surface area contributed by atoms with Crippen LogP contribution < -0.4 is 5.73 Å². The molecule has 0 saturated carbocycles. The van der Waals surface area contributed by atoms with Gasteiger partial charge in [0.15, 0.2) is 0 Å². The molecule has 1 aromatic heterocycles. The maximum atomic E-state index is 11.1. The number of aldehydes is 1. The van der Waals surface area contributed by atoms with Crippen LogP contribution in [0.5, 0.6) is 0 Å². The van der Waals surface area contributed by atoms with E-state index in [0.29, 0.717) is 12.4 Å². The summed E-state index contributed by atoms with van der Waals surface area (Å²) in [5.74, 6) is 0.566. The van der Waals surface area contributed by atoms with E-state index < -0.39 is 0 Å². The Labute approximate surface area is 142 Å². The summed E-state index contributed by atoms with van der Waals surface area (Å²) in [6, 6.07) is 6.20. The van der Waals surface area contributed by atoms with Crippen LogP contribution in [0.15, 0.2) is 27.7 Å². The van der Waals surface area contributed by atoms with Gasteiger partial charge in [-0.25, -0.2) is 4.99 Å². The number of benzene rings is 1. The van der Waals surface area contributed by atoms with Gasteiger partial charge in [-0.1, -0.05) is 15.9 Å². The maximum absolute atomic E-state index is 11.1. The van der Waals surface area contributed by atoms with Gasteiger partial charge in [-0.3, -0.25) is 4.90 Å². The first kappa shape index (κ1) is 15.6. The average molecular weight is 380 g/mol. The van der Waals surface area contributed by atoms with Gasteiger partial charge >= 0.3 is 0 Å². The van der Waals surface area contributed by atoms with Crippen molar-refractivity contribution in [2.75, 3.05) is 13.1 Å². The molecule has 116 valence electrons. The fraction of sp³-hybridized carbons (Fsp3) is 0.375. The van der Waals surface area contributed by atoms with Crippen molar-refractivity contribution in [1.29, 1.82) is 0 Å². The third kappa shape index (κ3) is 3.09. The van der Waals surface area contributed by atoms with E-state index in [9.17, 15) is 4.79 Å². The average Bonchev–Trinajstić information content (AvgIpc) is 3.04. The minimum absolute atomic E-state index is 0.0109. The van der Waals surface area contributed by atoms with Crippen molar-refractivity contribution < 1.29 is 4.79 Å². The molecule has 1 saturated heterocycles. The first-order chi connectivity index (χ1) is 10.6. The Kier molecular flexibility index (Phi) is 4.61. The van der Waals surface area contributed by atoms with E-state index in [2.05, 4.69) is 44.9 Å². The lowest BCUT2D eigenvalue weighted by Crippen LogP contribution is -2.38. The van der Waals surface area contributed by atoms with Crippen molar-refractivity contribution in [1.82, 2.24) is 4.90 Å². The number of aliphatic imine (C=N–C) groups is 1. The van der Waals surface area contributed by atoms with Crippen LogP contribution in [-0.4, -0.2) is 36.2 Å². The van der Waals surface area contributed by atoms with Gasteiger partial charge in [-0.15, -0.1) is 11.3 Å². The highest BCUT2D eigenvalue weighted by molar-refractivity contribution is 9.10. The molecule has 2 aromatic rings. The van der Waals surface area contributed by atoms with E-state index in [-0.39, 0.29) is 6.04 Å². The van der Waals surface area contributed by atoms with Gasteiger partial charge in [-0.05, 0) is 44.5 Å². The Bertz CT molecular complexity index is 740. The Balaban J connectivity index is 1.89. The lowest BCUT2D eigenvalue weighted by molar-refractivity contribution is -0.111. The Morgan fingerprint density at radius 2 is 2.41 bits per heavy atom. The van der Waals surface area contributed by atoms with Gasteiger partial charge in [0.1, 0.15) is 12.1 Å². The Morgan fingerprint density at radius 1 is 1.59 bits per heavy atom. The molecule has 1 unspecified atom stereocenters. The van der Waals surface area contributed by atoms with Crippen LogP contribution in [0.4, 0.5) is 5.69 Å². The van der Waals surface area contributed by atoms with Crippen LogP contribution in [-0.2, 0) is 4.79 Å². The molecule has 0 amide bonds. The molecule has 0 spiro atoms. The van der Waals surface area contributed by atoms with E-state index in [1.54, 1.807) is 11.3 Å². The summed E-state index contributed by atoms with van der Waals surface area (Å²) in [5.41, 5.74) is 7.09. The van der Waals surface area contributed by atoms with Crippen molar-refractivity contribution in [3.63, 3.8) is 0 Å². The highest BCUT2D eigenvalue weighted by Crippen LogP contribution is 2.38. The van der Waals surface area contributed by atoms with Crippen molar-refractivity contribution in [2.45, 2.75) is 25.8 Å². The third-order valence-electron chi connectivity index (χ3n) is 3.99. The molecule has 0 bridgehead atoms. The number of amidine groups is 1. The normalized spacial score (nSPS) is 19.9. The molecule has 22 heavy (non-hydrogen) atoms. The molecule has 1 aliphatic heterocycles. The van der Waals surface area contributed by atoms with E-state index >= 15 is 0 Å². The lowest BCUT2D eigenvalue weighted by Gasteiger charge is -2.19. The van der Waals surface area contributed by atoms with Crippen LogP contribution in [0.2, 0.25) is 0 Å². The van der Waals surface area contributed by atoms with Crippen molar-refractivity contribution in [3.8, 4) is 0 Å². The van der Waals surface area contributed by atoms with Gasteiger partial charge < -0.3 is 10.5 Å². The van der Waals surface area contributed by atoms with Crippen LogP contribution >= 0.6 is 27.3 Å². The van der Waals surface area contributed by atoms with Crippen LogP contribution in [0.3, 0.4) is 0 Å². The van der Waals surface area contributed by atoms with Gasteiger partial charge in [0, 0.05) is 19.4 Å². The zero-order chi connectivity index (χ0) is 15.7. The molecule has 4 nitrogen and oxygen atoms in total. The molecule has 2 heterocycles. The second-order valence-corrected chi connectivity index (χ2v) is 7.74. The number of carbonyl (C=O) groups is 1. The van der Waals surface area contributed by atoms with Gasteiger partial charge in [0.05, 0.1) is 18.3 Å². The van der Waals surface area contributed by atoms with Gasteiger partial charge in [0.25, 0.3) is 0 Å². The molecule has 6 heteroatoms. The molecule has 1 aliphatic rings. The fourth-order valence-corrected chi connectivity index (χ4v) is 4.25. The zero-order valence-corrected chi connectivity index (χ0v) is 14.8. The first-order valence-corrected chi connectivity index (χ1v) is 8.90. The number of nitrogens with zero attached hydrogens (tertiary/aromatic N) is 2. The molecule has 0 aliphatic carbocycles. The monoisotopic (exact) mass is 379 g/mol. The predicted octanol–water partition coefficient (Wildman–Crippen LogP) is 3.62. The molecule has 0 radical (unpaired) electrons. The number of hydrogen-bond donors (Lipinski definition) is 1. The SMILES string of the molecule is Cc1sc2ccc(Br)cc2c1N=C(N)CN1CCCC1C=O. The number of nitrogens with two attached hydrogens (primary N) is 1. The van der Waals surface area contributed by atoms with Crippen molar-refractivity contribution in [3.05, 3.63) is 27.5 Å². The minimum Gasteiger partial charge on any atom is -0.386 e. The Morgan fingerprint density at radius 3 is 3.18 bits per heavy atom. The summed E-state index contributed by atoms with van der Waals surface area (Å²) >= 11 is 5.23. The summed E-state index contributed by atoms with van der Waals surface area (Å²) in [5, 5.41) is 1.12. The quantitative estimate of drug-likeness (QED) is 0.501. The van der Waals surface area contributed by atoms with Crippen molar-refractivity contribution >= 4 is 55.2 Å². The molecule has 3 rings (SSSR count). The minimum atomic E-state index is -0.0109. The van der Waals surface area contributed by atoms with E-state index in [1.165, 1.54) is 4.70 Å². The number of hydrogen-bond acceptors (Lipinski definition) is 4. The number of carbonyl (C=O) groups excluding carboxylic acids is 1. The van der Waals surface area contributed by atoms with Crippen molar-refractivity contribution in [2.24, 2.45) is 10.7 Å². The lowest BCUT2D eigenvalue weighted by atomic mass is 10.2. The summed E-state index contributed by atoms with van der Waals surface area (Å²) in [7, 11) is 0. The second kappa shape index (κ2) is 6.48. The molecule has 1 atom stereocenters. The number of fused-ring (bicyclic) bond motifs is 1. The second-order valence-electron chi connectivity index (χ2n) is 5.57. The van der Waals surface area contributed by atoms with Gasteiger partial charge in [-0.2, -0.15) is 0 Å². The van der Waals surface area contributed by atoms with Crippen LogP contribution in [0.1, 0.15) is 17.7 Å². The largest absolute Gasteiger partial charge is 0.386 e. The number of likely N-dealkylation sites (tertiary alicyclic amines) is 1. The summed E-state index contributed by atoms with van der Waals surface area (Å²) in [6.07, 6.45) is 2.98. The molecular weight excluding hydrogens is 362 g/mol. The summed E-state index contributed by atoms with van der Waals surface area (Å²) in [6.45, 7) is 3.53. The van der Waals surface area contributed by atoms with Crippen LogP contribution in [0.25, 0.3) is 10.1 Å². The molecule has 1 aromatic carbocycles. The van der Waals surface area contributed by atoms with Crippen LogP contribution in [0, 0.1) is 6.92 Å². The Hall–Kier alpha value is -1.24. The highest BCUT2D eigenvalue weighted by atomic mass is 79.9. The molecular formula is C16H18BrN3OS. The third-order valence-corrected chi connectivity index (χ3v) is 5.55. The first-order valence-electron chi connectivity index (χ1n) is 7.29. The van der Waals surface area contributed by atoms with E-state index in [1.807, 2.05) is 6.07 Å². The zero-order valence-electron chi connectivity index (χ0n) is 12.4. The number of halogens is 1. The van der Waals surface area contributed by atoms with E-state index in [0.717, 1.165) is 46.1 Å². The summed E-state index contributed by atoms with van der Waals surface area (Å²) < 4.78 is 2.24.